The summed E-state index contributed by atoms with van der Waals surface area (Å²) >= 11 is 3.51. The van der Waals surface area contributed by atoms with Gasteiger partial charge in [-0.05, 0) is 47.0 Å². The summed E-state index contributed by atoms with van der Waals surface area (Å²) in [5.74, 6) is -2.15. The third kappa shape index (κ3) is 11.2. The van der Waals surface area contributed by atoms with Gasteiger partial charge in [-0.25, -0.2) is 15.0 Å². The number of hydrogen-bond acceptors (Lipinski definition) is 12. The maximum absolute atomic E-state index is 13.8. The highest BCUT2D eigenvalue weighted by Crippen LogP contribution is 2.30. The molecule has 0 radical (unpaired) electrons. The van der Waals surface area contributed by atoms with Crippen molar-refractivity contribution in [3.05, 3.63) is 46.7 Å². The molecule has 0 aromatic carbocycles. The molecule has 0 bridgehead atoms. The molecule has 0 aliphatic heterocycles. The molecule has 17 nitrogen and oxygen atoms in total. The van der Waals surface area contributed by atoms with Gasteiger partial charge in [-0.3, -0.25) is 30.0 Å². The lowest BCUT2D eigenvalue weighted by Gasteiger charge is -2.19. The number of nitrogens with two attached hydrogens (primary N) is 3. The van der Waals surface area contributed by atoms with Crippen LogP contribution in [0.1, 0.15) is 119 Å². The fourth-order valence-corrected chi connectivity index (χ4v) is 7.73. The molecular formula is C29H43N13O4S3. The lowest BCUT2D eigenvalue weighted by Crippen LogP contribution is -2.33. The minimum Gasteiger partial charge on any atom is -0.370 e. The first-order valence-electron chi connectivity index (χ1n) is 15.4. The Balaban J connectivity index is 1.88. The van der Waals surface area contributed by atoms with E-state index in [2.05, 4.69) is 36.6 Å². The summed E-state index contributed by atoms with van der Waals surface area (Å²) in [6.45, 7) is 9.15. The van der Waals surface area contributed by atoms with E-state index >= 15 is 0 Å². The zero-order chi connectivity index (χ0) is 36.4. The van der Waals surface area contributed by atoms with Gasteiger partial charge in [0.1, 0.15) is 14.6 Å². The topological polar surface area (TPSA) is 293 Å². The van der Waals surface area contributed by atoms with Gasteiger partial charge in [0.25, 0.3) is 17.7 Å². The highest BCUT2D eigenvalue weighted by atomic mass is 32.1. The van der Waals surface area contributed by atoms with Crippen LogP contribution >= 0.6 is 34.0 Å². The van der Waals surface area contributed by atoms with Crippen LogP contribution in [0.5, 0.6) is 0 Å². The van der Waals surface area contributed by atoms with E-state index in [0.29, 0.717) is 75.8 Å². The Bertz CT molecular complexity index is 1700. The van der Waals surface area contributed by atoms with E-state index in [0.717, 1.165) is 11.3 Å². The first-order chi connectivity index (χ1) is 23.1. The lowest BCUT2D eigenvalue weighted by molar-refractivity contribution is -0.119. The van der Waals surface area contributed by atoms with Crippen molar-refractivity contribution in [1.82, 2.24) is 41.5 Å². The SMILES string of the molecule is CC(=O)N[C@@H](CCCNC(=N)N)c1nc(C)sc1C(=O)N[C@@H](C)c1nc(CCCNC(=N)N)sc1C(=O)N[C@@H](C)c1nc(C)sc1C(N)=O. The molecule has 3 heterocycles. The van der Waals surface area contributed by atoms with Gasteiger partial charge in [0, 0.05) is 26.4 Å². The quantitative estimate of drug-likeness (QED) is 0.0540. The molecule has 20 heteroatoms. The normalized spacial score (nSPS) is 12.8. The molecule has 266 valence electrons. The van der Waals surface area contributed by atoms with E-state index in [-0.39, 0.29) is 27.6 Å². The number of thiazole rings is 3. The van der Waals surface area contributed by atoms with Gasteiger partial charge in [0.15, 0.2) is 11.9 Å². The van der Waals surface area contributed by atoms with Crippen LogP contribution in [0, 0.1) is 24.7 Å². The predicted molar refractivity (Wildman–Crippen MR) is 190 cm³/mol. The Labute approximate surface area is 295 Å². The number of carbonyl (C=O) groups excluding carboxylic acids is 4. The summed E-state index contributed by atoms with van der Waals surface area (Å²) in [5.41, 5.74) is 17.4. The van der Waals surface area contributed by atoms with E-state index in [1.165, 1.54) is 29.6 Å². The predicted octanol–water partition coefficient (Wildman–Crippen LogP) is 1.61. The van der Waals surface area contributed by atoms with Gasteiger partial charge in [0.2, 0.25) is 5.91 Å². The average molecular weight is 734 g/mol. The van der Waals surface area contributed by atoms with Crippen molar-refractivity contribution in [1.29, 1.82) is 10.8 Å². The second-order valence-corrected chi connectivity index (χ2v) is 14.6. The van der Waals surface area contributed by atoms with Crippen molar-refractivity contribution in [3.8, 4) is 0 Å². The van der Waals surface area contributed by atoms with Gasteiger partial charge in [-0.1, -0.05) is 0 Å². The van der Waals surface area contributed by atoms with Gasteiger partial charge >= 0.3 is 0 Å². The van der Waals surface area contributed by atoms with Crippen LogP contribution in [0.15, 0.2) is 0 Å². The fraction of sp³-hybridized carbons (Fsp3) is 0.483. The summed E-state index contributed by atoms with van der Waals surface area (Å²) in [6.07, 6.45) is 2.04. The molecule has 4 amide bonds. The zero-order valence-corrected chi connectivity index (χ0v) is 30.4. The molecule has 0 aliphatic carbocycles. The zero-order valence-electron chi connectivity index (χ0n) is 27.9. The number of primary amides is 1. The van der Waals surface area contributed by atoms with E-state index in [9.17, 15) is 19.2 Å². The molecule has 0 saturated carbocycles. The maximum Gasteiger partial charge on any atom is 0.263 e. The Kier molecular flexibility index (Phi) is 13.9. The largest absolute Gasteiger partial charge is 0.370 e. The number of carbonyl (C=O) groups is 4. The van der Waals surface area contributed by atoms with Crippen LogP contribution in [0.4, 0.5) is 0 Å². The van der Waals surface area contributed by atoms with Crippen molar-refractivity contribution >= 4 is 69.6 Å². The van der Waals surface area contributed by atoms with Crippen molar-refractivity contribution in [2.24, 2.45) is 17.2 Å². The summed E-state index contributed by atoms with van der Waals surface area (Å²) in [7, 11) is 0. The van der Waals surface area contributed by atoms with Gasteiger partial charge in [-0.2, -0.15) is 0 Å². The highest BCUT2D eigenvalue weighted by Gasteiger charge is 2.30. The average Bonchev–Trinajstić information content (AvgIpc) is 3.73. The van der Waals surface area contributed by atoms with Crippen LogP contribution in [0.2, 0.25) is 0 Å². The molecule has 3 aromatic heterocycles. The van der Waals surface area contributed by atoms with Crippen LogP contribution < -0.4 is 43.8 Å². The number of guanidine groups is 2. The maximum atomic E-state index is 13.8. The Hall–Kier alpha value is -4.69. The molecule has 0 spiro atoms. The van der Waals surface area contributed by atoms with Crippen molar-refractivity contribution in [2.45, 2.75) is 78.4 Å². The molecular weight excluding hydrogens is 691 g/mol. The number of amides is 4. The number of nitrogens with zero attached hydrogens (tertiary/aromatic N) is 3. The third-order valence-electron chi connectivity index (χ3n) is 6.95. The molecule has 49 heavy (non-hydrogen) atoms. The summed E-state index contributed by atoms with van der Waals surface area (Å²) < 4.78 is 0. The third-order valence-corrected chi connectivity index (χ3v) is 10.1. The van der Waals surface area contributed by atoms with E-state index < -0.39 is 35.8 Å². The molecule has 0 saturated heterocycles. The standard InChI is InChI=1S/C29H43N13O4S3/c1-12(19-22(25(30)44)47-15(4)40-19)37-26(45)23-20(42-18(49-23)9-7-11-36-29(33)34)13(2)38-27(46)24-21(41-16(5)48-24)17(39-14(3)43)8-6-10-35-28(31)32/h12-13,17H,6-11H2,1-5H3,(H2,30,44)(H,37,45)(H,38,46)(H,39,43)(H4,31,32,35)(H4,33,34,36)/t12-,13-,17-/m0/s1. The van der Waals surface area contributed by atoms with E-state index in [1.807, 2.05) is 0 Å². The number of nitrogens with one attached hydrogen (secondary N) is 7. The van der Waals surface area contributed by atoms with Crippen molar-refractivity contribution in [2.75, 3.05) is 13.1 Å². The molecule has 3 atom stereocenters. The highest BCUT2D eigenvalue weighted by molar-refractivity contribution is 7.14. The molecule has 0 fully saturated rings. The Morgan fingerprint density at radius 1 is 0.714 bits per heavy atom. The van der Waals surface area contributed by atoms with Gasteiger partial charge in [0.05, 0.1) is 50.2 Å². The van der Waals surface area contributed by atoms with Crippen LogP contribution in [0.25, 0.3) is 0 Å². The van der Waals surface area contributed by atoms with Gasteiger partial charge < -0.3 is 43.8 Å². The van der Waals surface area contributed by atoms with E-state index in [4.69, 9.17) is 33.0 Å². The second kappa shape index (κ2) is 17.6. The molecule has 13 N–H and O–H groups in total. The number of aryl methyl sites for hydroxylation is 3. The Morgan fingerprint density at radius 2 is 1.20 bits per heavy atom. The fourth-order valence-electron chi connectivity index (χ4n) is 4.87. The minimum absolute atomic E-state index is 0.149. The number of aromatic nitrogens is 3. The minimum atomic E-state index is -0.721. The van der Waals surface area contributed by atoms with Crippen LogP contribution in [-0.4, -0.2) is 63.6 Å². The molecule has 0 unspecified atom stereocenters. The second-order valence-electron chi connectivity index (χ2n) is 11.2. The monoisotopic (exact) mass is 733 g/mol. The summed E-state index contributed by atoms with van der Waals surface area (Å²) in [6, 6.07) is -1.94. The summed E-state index contributed by atoms with van der Waals surface area (Å²) in [4.78, 5) is 66.1. The number of rotatable bonds is 17. The van der Waals surface area contributed by atoms with Crippen LogP contribution in [0.3, 0.4) is 0 Å². The number of hydrogen-bond donors (Lipinski definition) is 10. The van der Waals surface area contributed by atoms with E-state index in [1.54, 1.807) is 27.7 Å². The molecule has 3 rings (SSSR count). The Morgan fingerprint density at radius 3 is 1.73 bits per heavy atom. The summed E-state index contributed by atoms with van der Waals surface area (Å²) in [5, 5.41) is 30.8. The van der Waals surface area contributed by atoms with Crippen molar-refractivity contribution < 1.29 is 19.2 Å². The van der Waals surface area contributed by atoms with Gasteiger partial charge in [-0.15, -0.1) is 34.0 Å². The first-order valence-corrected chi connectivity index (χ1v) is 17.8. The smallest absolute Gasteiger partial charge is 0.263 e. The first kappa shape index (κ1) is 38.8. The van der Waals surface area contributed by atoms with Crippen LogP contribution in [-0.2, 0) is 11.2 Å². The molecule has 0 aliphatic rings. The molecule has 3 aromatic rings. The lowest BCUT2D eigenvalue weighted by atomic mass is 10.1. The van der Waals surface area contributed by atoms with Crippen molar-refractivity contribution in [3.63, 3.8) is 0 Å².